The zero-order valence-corrected chi connectivity index (χ0v) is 12.6. The third kappa shape index (κ3) is 3.72. The molecule has 4 heteroatoms. The topological polar surface area (TPSA) is 41.5 Å². The third-order valence-electron chi connectivity index (χ3n) is 3.06. The number of hydrogen-bond acceptors (Lipinski definition) is 3. The van der Waals surface area contributed by atoms with E-state index in [1.54, 1.807) is 12.1 Å². The fourth-order valence-electron chi connectivity index (χ4n) is 2.10. The van der Waals surface area contributed by atoms with Crippen molar-refractivity contribution in [1.29, 1.82) is 0 Å². The second-order valence-electron chi connectivity index (χ2n) is 4.32. The van der Waals surface area contributed by atoms with Crippen LogP contribution in [0.2, 0.25) is 0 Å². The predicted molar refractivity (Wildman–Crippen MR) is 79.8 cm³/mol. The van der Waals surface area contributed by atoms with Crippen LogP contribution in [0.25, 0.3) is 0 Å². The summed E-state index contributed by atoms with van der Waals surface area (Å²) in [7, 11) is -2.22. The number of hydrogen-bond donors (Lipinski definition) is 0. The Morgan fingerprint density at radius 3 is 2.30 bits per heavy atom. The van der Waals surface area contributed by atoms with Gasteiger partial charge in [0.05, 0.1) is 0 Å². The molecular formula is C16H18O3P-. The number of benzene rings is 2. The highest BCUT2D eigenvalue weighted by Gasteiger charge is 2.09. The van der Waals surface area contributed by atoms with Crippen molar-refractivity contribution >= 4 is 8.60 Å². The van der Waals surface area contributed by atoms with E-state index in [-0.39, 0.29) is 0 Å². The molecule has 0 spiro atoms. The van der Waals surface area contributed by atoms with Crippen molar-refractivity contribution in [3.05, 3.63) is 59.7 Å². The molecule has 0 amide bonds. The maximum absolute atomic E-state index is 12.0. The number of rotatable bonds is 6. The van der Waals surface area contributed by atoms with Crippen molar-refractivity contribution in [2.75, 3.05) is 0 Å². The molecule has 0 aromatic heterocycles. The van der Waals surface area contributed by atoms with Crippen molar-refractivity contribution in [2.45, 2.75) is 26.7 Å². The minimum absolute atomic E-state index is 0.540. The van der Waals surface area contributed by atoms with E-state index in [0.717, 1.165) is 18.4 Å². The fourth-order valence-corrected chi connectivity index (χ4v) is 2.76. The van der Waals surface area contributed by atoms with E-state index in [1.807, 2.05) is 30.3 Å². The normalized spacial score (nSPS) is 11.9. The highest BCUT2D eigenvalue weighted by Crippen LogP contribution is 2.35. The van der Waals surface area contributed by atoms with Gasteiger partial charge in [-0.25, -0.2) is 0 Å². The average Bonchev–Trinajstić information content (AvgIpc) is 2.47. The molecule has 0 aliphatic rings. The van der Waals surface area contributed by atoms with Crippen LogP contribution < -0.4 is 13.9 Å². The lowest BCUT2D eigenvalue weighted by atomic mass is 10.0. The smallest absolute Gasteiger partial charge is 0.210 e. The molecule has 2 aromatic carbocycles. The second-order valence-corrected chi connectivity index (χ2v) is 5.13. The zero-order chi connectivity index (χ0) is 14.4. The Morgan fingerprint density at radius 2 is 1.65 bits per heavy atom. The molecule has 0 saturated carbocycles. The highest BCUT2D eigenvalue weighted by atomic mass is 31.2. The molecule has 0 bridgehead atoms. The largest absolute Gasteiger partial charge is 0.765 e. The van der Waals surface area contributed by atoms with Gasteiger partial charge in [0.15, 0.2) is 0 Å². The molecule has 2 rings (SSSR count). The summed E-state index contributed by atoms with van der Waals surface area (Å²) < 4.78 is 10.7. The molecule has 0 aliphatic heterocycles. The summed E-state index contributed by atoms with van der Waals surface area (Å²) in [6.45, 7) is 4.16. The lowest BCUT2D eigenvalue weighted by Crippen LogP contribution is -2.09. The van der Waals surface area contributed by atoms with Crippen molar-refractivity contribution in [2.24, 2.45) is 0 Å². The first-order valence-corrected chi connectivity index (χ1v) is 7.83. The molecule has 1 unspecified atom stereocenters. The van der Waals surface area contributed by atoms with Crippen LogP contribution in [0.3, 0.4) is 0 Å². The van der Waals surface area contributed by atoms with Gasteiger partial charge in [-0.3, -0.25) is 0 Å². The molecule has 0 radical (unpaired) electrons. The van der Waals surface area contributed by atoms with Gasteiger partial charge < -0.3 is 13.9 Å². The minimum atomic E-state index is -2.22. The van der Waals surface area contributed by atoms with Crippen molar-refractivity contribution < 1.29 is 13.9 Å². The van der Waals surface area contributed by atoms with Crippen LogP contribution in [0.1, 0.15) is 25.0 Å². The van der Waals surface area contributed by atoms with Gasteiger partial charge in [-0.05, 0) is 42.2 Å². The summed E-state index contributed by atoms with van der Waals surface area (Å²) in [5.41, 5.74) is 2.31. The minimum Gasteiger partial charge on any atom is -0.765 e. The molecule has 0 aliphatic carbocycles. The summed E-state index contributed by atoms with van der Waals surface area (Å²) >= 11 is 0. The lowest BCUT2D eigenvalue weighted by Gasteiger charge is -2.24. The van der Waals surface area contributed by atoms with E-state index in [4.69, 9.17) is 9.05 Å². The van der Waals surface area contributed by atoms with Crippen LogP contribution in [0, 0.1) is 0 Å². The molecule has 3 nitrogen and oxygen atoms in total. The Bertz CT molecular complexity index is 543. The van der Waals surface area contributed by atoms with Crippen LogP contribution in [0.15, 0.2) is 48.5 Å². The summed E-state index contributed by atoms with van der Waals surface area (Å²) in [6.07, 6.45) is 1.77. The molecule has 2 aromatic rings. The van der Waals surface area contributed by atoms with E-state index in [2.05, 4.69) is 19.9 Å². The van der Waals surface area contributed by atoms with Gasteiger partial charge in [-0.15, -0.1) is 0 Å². The van der Waals surface area contributed by atoms with Crippen molar-refractivity contribution in [3.63, 3.8) is 0 Å². The molecule has 20 heavy (non-hydrogen) atoms. The van der Waals surface area contributed by atoms with Crippen LogP contribution in [0.4, 0.5) is 0 Å². The second kappa shape index (κ2) is 7.28. The predicted octanol–water partition coefficient (Wildman–Crippen LogP) is 3.86. The van der Waals surface area contributed by atoms with Crippen LogP contribution >= 0.6 is 8.60 Å². The first kappa shape index (κ1) is 14.8. The lowest BCUT2D eigenvalue weighted by molar-refractivity contribution is -0.189. The Hall–Kier alpha value is -1.57. The standard InChI is InChI=1S/C16H18O3P/c1-3-13-9-8-12-16(15(13)4-2)19-20(17)18-14-10-6-5-7-11-14/h5-12H,3-4H2,1-2H3/q-1. The van der Waals surface area contributed by atoms with E-state index in [0.29, 0.717) is 11.5 Å². The molecule has 0 N–H and O–H groups in total. The van der Waals surface area contributed by atoms with Crippen LogP contribution in [-0.2, 0) is 12.8 Å². The highest BCUT2D eigenvalue weighted by molar-refractivity contribution is 7.39. The van der Waals surface area contributed by atoms with Gasteiger partial charge >= 0.3 is 0 Å². The Labute approximate surface area is 121 Å². The summed E-state index contributed by atoms with van der Waals surface area (Å²) in [6, 6.07) is 14.8. The average molecular weight is 289 g/mol. The summed E-state index contributed by atoms with van der Waals surface area (Å²) in [5.74, 6) is 1.18. The van der Waals surface area contributed by atoms with Gasteiger partial charge in [-0.1, -0.05) is 44.2 Å². The third-order valence-corrected chi connectivity index (χ3v) is 3.77. The molecule has 106 valence electrons. The quantitative estimate of drug-likeness (QED) is 0.758. The van der Waals surface area contributed by atoms with E-state index < -0.39 is 8.60 Å². The van der Waals surface area contributed by atoms with Gasteiger partial charge in [0, 0.05) is 0 Å². The van der Waals surface area contributed by atoms with Gasteiger partial charge in [0.2, 0.25) is 8.60 Å². The van der Waals surface area contributed by atoms with Crippen LogP contribution in [0.5, 0.6) is 11.5 Å². The maximum atomic E-state index is 12.0. The first-order chi connectivity index (χ1) is 9.74. The van der Waals surface area contributed by atoms with Gasteiger partial charge in [-0.2, -0.15) is 0 Å². The van der Waals surface area contributed by atoms with Crippen LogP contribution in [-0.4, -0.2) is 0 Å². The van der Waals surface area contributed by atoms with E-state index in [1.165, 1.54) is 5.56 Å². The Kier molecular flexibility index (Phi) is 5.40. The zero-order valence-electron chi connectivity index (χ0n) is 11.7. The molecule has 1 atom stereocenters. The maximum Gasteiger partial charge on any atom is 0.210 e. The summed E-state index contributed by atoms with van der Waals surface area (Å²) in [4.78, 5) is 12.0. The molecular weight excluding hydrogens is 271 g/mol. The van der Waals surface area contributed by atoms with Crippen molar-refractivity contribution in [1.82, 2.24) is 0 Å². The monoisotopic (exact) mass is 289 g/mol. The first-order valence-electron chi connectivity index (χ1n) is 6.73. The van der Waals surface area contributed by atoms with Gasteiger partial charge in [0.1, 0.15) is 11.5 Å². The Balaban J connectivity index is 2.09. The fraction of sp³-hybridized carbons (Fsp3) is 0.250. The number of aryl methyl sites for hydroxylation is 1. The number of para-hydroxylation sites is 1. The molecule has 0 heterocycles. The van der Waals surface area contributed by atoms with E-state index >= 15 is 0 Å². The van der Waals surface area contributed by atoms with E-state index in [9.17, 15) is 4.89 Å². The molecule has 0 saturated heterocycles. The Morgan fingerprint density at radius 1 is 0.900 bits per heavy atom. The summed E-state index contributed by atoms with van der Waals surface area (Å²) in [5, 5.41) is 0. The molecule has 0 fully saturated rings. The van der Waals surface area contributed by atoms with Gasteiger partial charge in [0.25, 0.3) is 0 Å². The van der Waals surface area contributed by atoms with Crippen molar-refractivity contribution in [3.8, 4) is 11.5 Å². The SMILES string of the molecule is CCc1cccc(OP([O-])Oc2ccccc2)c1CC.